The predicted octanol–water partition coefficient (Wildman–Crippen LogP) is 3.16. The first-order valence-electron chi connectivity index (χ1n) is 6.42. The van der Waals surface area contributed by atoms with Crippen LogP contribution < -0.4 is 4.90 Å². The Balaban J connectivity index is 1.98. The third kappa shape index (κ3) is 1.94. The van der Waals surface area contributed by atoms with Crippen LogP contribution in [0.1, 0.15) is 25.7 Å². The Labute approximate surface area is 115 Å². The van der Waals surface area contributed by atoms with E-state index in [1.54, 1.807) is 0 Å². The van der Waals surface area contributed by atoms with Crippen molar-refractivity contribution in [2.45, 2.75) is 25.7 Å². The molecule has 1 aliphatic heterocycles. The number of benzene rings is 1. The van der Waals surface area contributed by atoms with Crippen LogP contribution in [0.2, 0.25) is 5.02 Å². The summed E-state index contributed by atoms with van der Waals surface area (Å²) in [6.45, 7) is 0. The fourth-order valence-electron chi connectivity index (χ4n) is 3.04. The number of rotatable bonds is 1. The molecular formula is C14H13ClFNO2. The third-order valence-electron chi connectivity index (χ3n) is 4.00. The highest BCUT2D eigenvalue weighted by Gasteiger charge is 2.48. The van der Waals surface area contributed by atoms with Gasteiger partial charge in [-0.3, -0.25) is 14.5 Å². The lowest BCUT2D eigenvalue weighted by Crippen LogP contribution is -2.30. The fourth-order valence-corrected chi connectivity index (χ4v) is 3.22. The normalized spacial score (nSPS) is 26.7. The largest absolute Gasteiger partial charge is 0.274 e. The quantitative estimate of drug-likeness (QED) is 0.742. The molecule has 1 aromatic carbocycles. The van der Waals surface area contributed by atoms with Crippen LogP contribution in [0.5, 0.6) is 0 Å². The highest BCUT2D eigenvalue weighted by atomic mass is 35.5. The standard InChI is InChI=1S/C14H13ClFNO2/c15-11-7-8(5-6-12(11)16)17-13(18)9-3-1-2-4-10(9)14(17)19/h5-7,9-10H,1-4H2. The molecule has 3 rings (SSSR count). The van der Waals surface area contributed by atoms with Crippen LogP contribution in [0.25, 0.3) is 0 Å². The molecule has 0 spiro atoms. The molecule has 3 nitrogen and oxygen atoms in total. The van der Waals surface area contributed by atoms with Crippen molar-refractivity contribution in [1.29, 1.82) is 0 Å². The molecule has 2 unspecified atom stereocenters. The van der Waals surface area contributed by atoms with Crippen molar-refractivity contribution in [3.63, 3.8) is 0 Å². The molecule has 0 radical (unpaired) electrons. The maximum Gasteiger partial charge on any atom is 0.237 e. The van der Waals surface area contributed by atoms with Crippen molar-refractivity contribution in [3.05, 3.63) is 29.0 Å². The number of amides is 2. The van der Waals surface area contributed by atoms with Gasteiger partial charge in [-0.1, -0.05) is 24.4 Å². The maximum absolute atomic E-state index is 13.2. The molecule has 5 heteroatoms. The van der Waals surface area contributed by atoms with Gasteiger partial charge in [0.15, 0.2) is 0 Å². The summed E-state index contributed by atoms with van der Waals surface area (Å²) in [5.41, 5.74) is 0.371. The van der Waals surface area contributed by atoms with Crippen LogP contribution in [0.15, 0.2) is 18.2 Å². The monoisotopic (exact) mass is 281 g/mol. The smallest absolute Gasteiger partial charge is 0.237 e. The first-order valence-corrected chi connectivity index (χ1v) is 6.80. The molecule has 0 aromatic heterocycles. The lowest BCUT2D eigenvalue weighted by molar-refractivity contribution is -0.122. The third-order valence-corrected chi connectivity index (χ3v) is 4.29. The number of nitrogens with zero attached hydrogens (tertiary/aromatic N) is 1. The van der Waals surface area contributed by atoms with E-state index in [0.29, 0.717) is 5.69 Å². The minimum Gasteiger partial charge on any atom is -0.274 e. The van der Waals surface area contributed by atoms with Gasteiger partial charge in [-0.05, 0) is 31.0 Å². The second kappa shape index (κ2) is 4.60. The Bertz CT molecular complexity index is 536. The van der Waals surface area contributed by atoms with Gasteiger partial charge >= 0.3 is 0 Å². The number of carbonyl (C=O) groups excluding carboxylic acids is 2. The summed E-state index contributed by atoms with van der Waals surface area (Å²) in [7, 11) is 0. The van der Waals surface area contributed by atoms with Crippen molar-refractivity contribution in [3.8, 4) is 0 Å². The van der Waals surface area contributed by atoms with Gasteiger partial charge in [0.25, 0.3) is 0 Å². The summed E-state index contributed by atoms with van der Waals surface area (Å²) in [5.74, 6) is -1.30. The van der Waals surface area contributed by atoms with Crippen LogP contribution in [0.4, 0.5) is 10.1 Å². The van der Waals surface area contributed by atoms with Crippen molar-refractivity contribution in [1.82, 2.24) is 0 Å². The van der Waals surface area contributed by atoms with E-state index in [4.69, 9.17) is 11.6 Å². The highest BCUT2D eigenvalue weighted by Crippen LogP contribution is 2.40. The summed E-state index contributed by atoms with van der Waals surface area (Å²) in [5, 5.41) is -0.0760. The number of hydrogen-bond donors (Lipinski definition) is 0. The number of halogens is 2. The highest BCUT2D eigenvalue weighted by molar-refractivity contribution is 6.31. The molecular weight excluding hydrogens is 269 g/mol. The lowest BCUT2D eigenvalue weighted by atomic mass is 9.81. The van der Waals surface area contributed by atoms with Crippen molar-refractivity contribution in [2.24, 2.45) is 11.8 Å². The molecule has 1 saturated carbocycles. The fraction of sp³-hybridized carbons (Fsp3) is 0.429. The topological polar surface area (TPSA) is 37.4 Å². The SMILES string of the molecule is O=C1C2CCCCC2C(=O)N1c1ccc(F)c(Cl)c1. The van der Waals surface area contributed by atoms with Crippen molar-refractivity contribution in [2.75, 3.05) is 4.90 Å². The van der Waals surface area contributed by atoms with Crippen LogP contribution in [0, 0.1) is 17.7 Å². The Morgan fingerprint density at radius 2 is 1.68 bits per heavy atom. The van der Waals surface area contributed by atoms with Gasteiger partial charge < -0.3 is 0 Å². The molecule has 0 bridgehead atoms. The van der Waals surface area contributed by atoms with Gasteiger partial charge in [-0.2, -0.15) is 0 Å². The van der Waals surface area contributed by atoms with E-state index in [1.165, 1.54) is 23.1 Å². The number of anilines is 1. The summed E-state index contributed by atoms with van der Waals surface area (Å²) in [4.78, 5) is 25.8. The zero-order valence-corrected chi connectivity index (χ0v) is 11.0. The molecule has 2 atom stereocenters. The van der Waals surface area contributed by atoms with Crippen LogP contribution in [-0.2, 0) is 9.59 Å². The van der Waals surface area contributed by atoms with E-state index >= 15 is 0 Å². The van der Waals surface area contributed by atoms with E-state index in [9.17, 15) is 14.0 Å². The summed E-state index contributed by atoms with van der Waals surface area (Å²) in [6.07, 6.45) is 3.50. The zero-order chi connectivity index (χ0) is 13.6. The van der Waals surface area contributed by atoms with Crippen LogP contribution in [-0.4, -0.2) is 11.8 Å². The minimum absolute atomic E-state index is 0.0760. The molecule has 1 heterocycles. The summed E-state index contributed by atoms with van der Waals surface area (Å²) in [6, 6.07) is 3.94. The number of hydrogen-bond acceptors (Lipinski definition) is 2. The second-order valence-electron chi connectivity index (χ2n) is 5.11. The molecule has 1 aliphatic carbocycles. The first-order chi connectivity index (χ1) is 9.09. The van der Waals surface area contributed by atoms with E-state index in [1.807, 2.05) is 0 Å². The number of imide groups is 1. The van der Waals surface area contributed by atoms with E-state index in [-0.39, 0.29) is 28.7 Å². The van der Waals surface area contributed by atoms with Gasteiger partial charge in [0, 0.05) is 0 Å². The van der Waals surface area contributed by atoms with E-state index < -0.39 is 5.82 Å². The van der Waals surface area contributed by atoms with Crippen LogP contribution >= 0.6 is 11.6 Å². The molecule has 100 valence electrons. The van der Waals surface area contributed by atoms with Crippen molar-refractivity contribution >= 4 is 29.1 Å². The predicted molar refractivity (Wildman–Crippen MR) is 69.4 cm³/mol. The number of carbonyl (C=O) groups is 2. The van der Waals surface area contributed by atoms with Crippen molar-refractivity contribution < 1.29 is 14.0 Å². The summed E-state index contributed by atoms with van der Waals surface area (Å²) >= 11 is 5.72. The van der Waals surface area contributed by atoms with Crippen LogP contribution in [0.3, 0.4) is 0 Å². The first kappa shape index (κ1) is 12.6. The molecule has 1 saturated heterocycles. The van der Waals surface area contributed by atoms with Gasteiger partial charge in [0.05, 0.1) is 22.5 Å². The maximum atomic E-state index is 13.2. The molecule has 0 N–H and O–H groups in total. The molecule has 2 aliphatic rings. The Morgan fingerprint density at radius 1 is 1.11 bits per heavy atom. The molecule has 2 fully saturated rings. The number of fused-ring (bicyclic) bond motifs is 1. The van der Waals surface area contributed by atoms with E-state index in [2.05, 4.69) is 0 Å². The van der Waals surface area contributed by atoms with E-state index in [0.717, 1.165) is 25.7 Å². The Hall–Kier alpha value is -1.42. The minimum atomic E-state index is -0.554. The average molecular weight is 282 g/mol. The molecule has 1 aromatic rings. The molecule has 19 heavy (non-hydrogen) atoms. The lowest BCUT2D eigenvalue weighted by Gasteiger charge is -2.19. The van der Waals surface area contributed by atoms with Gasteiger partial charge in [-0.25, -0.2) is 4.39 Å². The van der Waals surface area contributed by atoms with Gasteiger partial charge in [0.2, 0.25) is 11.8 Å². The average Bonchev–Trinajstić information content (AvgIpc) is 2.66. The Morgan fingerprint density at radius 3 is 2.21 bits per heavy atom. The Kier molecular flexibility index (Phi) is 3.05. The summed E-state index contributed by atoms with van der Waals surface area (Å²) < 4.78 is 13.2. The van der Waals surface area contributed by atoms with Gasteiger partial charge in [0.1, 0.15) is 5.82 Å². The van der Waals surface area contributed by atoms with Gasteiger partial charge in [-0.15, -0.1) is 0 Å². The zero-order valence-electron chi connectivity index (χ0n) is 10.2. The second-order valence-corrected chi connectivity index (χ2v) is 5.51. The molecule has 2 amide bonds.